The number of amides is 1. The van der Waals surface area contributed by atoms with Crippen molar-refractivity contribution in [3.63, 3.8) is 0 Å². The van der Waals surface area contributed by atoms with Crippen LogP contribution >= 0.6 is 22.9 Å². The lowest BCUT2D eigenvalue weighted by Gasteiger charge is -2.37. The van der Waals surface area contributed by atoms with Gasteiger partial charge in [-0.1, -0.05) is 35.9 Å². The number of fused-ring (bicyclic) bond motifs is 1. The van der Waals surface area contributed by atoms with Crippen LogP contribution in [0.5, 0.6) is 0 Å². The second-order valence-corrected chi connectivity index (χ2v) is 12.7. The highest BCUT2D eigenvalue weighted by molar-refractivity contribution is 7.89. The Morgan fingerprint density at radius 3 is 2.53 bits per heavy atom. The van der Waals surface area contributed by atoms with Crippen LogP contribution in [0, 0.1) is 6.92 Å². The van der Waals surface area contributed by atoms with Gasteiger partial charge >= 0.3 is 0 Å². The molecule has 5 rings (SSSR count). The first-order chi connectivity index (χ1) is 17.3. The summed E-state index contributed by atoms with van der Waals surface area (Å²) in [6, 6.07) is 16.9. The van der Waals surface area contributed by atoms with Gasteiger partial charge in [0.15, 0.2) is 0 Å². The summed E-state index contributed by atoms with van der Waals surface area (Å²) in [4.78, 5) is 19.2. The summed E-state index contributed by atoms with van der Waals surface area (Å²) >= 11 is 7.72. The predicted octanol–water partition coefficient (Wildman–Crippen LogP) is 4.58. The van der Waals surface area contributed by atoms with E-state index in [1.54, 1.807) is 23.5 Å². The van der Waals surface area contributed by atoms with Crippen molar-refractivity contribution in [2.45, 2.75) is 30.7 Å². The molecule has 6 nitrogen and oxygen atoms in total. The van der Waals surface area contributed by atoms with E-state index in [4.69, 9.17) is 11.6 Å². The van der Waals surface area contributed by atoms with Gasteiger partial charge in [-0.15, -0.1) is 11.3 Å². The summed E-state index contributed by atoms with van der Waals surface area (Å²) in [5.41, 5.74) is 3.75. The molecule has 3 heterocycles. The Morgan fingerprint density at radius 2 is 1.75 bits per heavy atom. The Hall–Kier alpha value is -2.23. The molecule has 1 saturated heterocycles. The number of aryl methyl sites for hydroxylation is 1. The van der Waals surface area contributed by atoms with Crippen LogP contribution < -0.4 is 0 Å². The predicted molar refractivity (Wildman–Crippen MR) is 144 cm³/mol. The molecule has 0 spiro atoms. The van der Waals surface area contributed by atoms with Gasteiger partial charge in [-0.25, -0.2) is 8.42 Å². The van der Waals surface area contributed by atoms with Crippen LogP contribution in [0.4, 0.5) is 0 Å². The largest absolute Gasteiger partial charge is 0.340 e. The third kappa shape index (κ3) is 5.10. The van der Waals surface area contributed by atoms with E-state index in [1.165, 1.54) is 38.0 Å². The molecule has 1 unspecified atom stereocenters. The fourth-order valence-corrected chi connectivity index (χ4v) is 7.71. The third-order valence-electron chi connectivity index (χ3n) is 7.15. The fourth-order valence-electron chi connectivity index (χ4n) is 5.21. The first-order valence-electron chi connectivity index (χ1n) is 12.2. The van der Waals surface area contributed by atoms with Crippen LogP contribution in [0.3, 0.4) is 0 Å². The fraction of sp³-hybridized carbons (Fsp3) is 0.370. The zero-order valence-corrected chi connectivity index (χ0v) is 22.7. The Labute approximate surface area is 222 Å². The highest BCUT2D eigenvalue weighted by Gasteiger charge is 2.34. The maximum absolute atomic E-state index is 13.5. The molecule has 2 aliphatic heterocycles. The molecular formula is C27H30ClN3O3S2. The average molecular weight is 544 g/mol. The highest BCUT2D eigenvalue weighted by Crippen LogP contribution is 2.38. The molecule has 2 aliphatic rings. The van der Waals surface area contributed by atoms with E-state index in [0.717, 1.165) is 13.0 Å². The van der Waals surface area contributed by atoms with Gasteiger partial charge in [0.2, 0.25) is 15.9 Å². The Morgan fingerprint density at radius 1 is 0.972 bits per heavy atom. The molecule has 9 heteroatoms. The minimum absolute atomic E-state index is 0.0537. The van der Waals surface area contributed by atoms with E-state index in [2.05, 4.69) is 41.5 Å². The van der Waals surface area contributed by atoms with Gasteiger partial charge in [-0.2, -0.15) is 4.31 Å². The molecule has 0 radical (unpaired) electrons. The second kappa shape index (κ2) is 10.6. The molecule has 3 aromatic rings. The van der Waals surface area contributed by atoms with Gasteiger partial charge in [0.25, 0.3) is 0 Å². The Balaban J connectivity index is 1.30. The summed E-state index contributed by atoms with van der Waals surface area (Å²) in [7, 11) is -3.63. The summed E-state index contributed by atoms with van der Waals surface area (Å²) in [5, 5.41) is 2.64. The summed E-state index contributed by atoms with van der Waals surface area (Å²) in [5.74, 6) is 0.0537. The number of thiophene rings is 1. The number of nitrogens with zero attached hydrogens (tertiary/aromatic N) is 3. The van der Waals surface area contributed by atoms with E-state index in [1.807, 2.05) is 11.0 Å². The lowest BCUT2D eigenvalue weighted by molar-refractivity contribution is -0.132. The summed E-state index contributed by atoms with van der Waals surface area (Å²) in [6.07, 6.45) is 1.55. The molecule has 1 fully saturated rings. The molecule has 2 aromatic carbocycles. The van der Waals surface area contributed by atoms with Crippen molar-refractivity contribution in [3.8, 4) is 0 Å². The first kappa shape index (κ1) is 25.4. The lowest BCUT2D eigenvalue weighted by atomic mass is 9.90. The smallest absolute Gasteiger partial charge is 0.243 e. The van der Waals surface area contributed by atoms with Gasteiger partial charge in [0, 0.05) is 42.6 Å². The second-order valence-electron chi connectivity index (χ2n) is 9.37. The molecule has 0 bridgehead atoms. The minimum atomic E-state index is -3.63. The molecule has 1 aromatic heterocycles. The van der Waals surface area contributed by atoms with Gasteiger partial charge < -0.3 is 4.90 Å². The van der Waals surface area contributed by atoms with Crippen LogP contribution in [-0.2, 0) is 21.2 Å². The average Bonchev–Trinajstić information content (AvgIpc) is 3.19. The van der Waals surface area contributed by atoms with Crippen molar-refractivity contribution in [3.05, 3.63) is 86.6 Å². The van der Waals surface area contributed by atoms with Gasteiger partial charge in [-0.3, -0.25) is 9.69 Å². The van der Waals surface area contributed by atoms with Crippen molar-refractivity contribution in [1.82, 2.24) is 14.1 Å². The van der Waals surface area contributed by atoms with Crippen LogP contribution in [0.1, 0.15) is 34.0 Å². The number of rotatable bonds is 5. The standard InChI is InChI=1S/C27H30ClN3O3S2/c1-20-5-2-3-6-23(20)27-24-12-18-35-25(24)11-15-30(27)19-26(32)29-13-4-14-31(17-16-29)36(33,34)22-9-7-21(28)8-10-22/h2-3,5-10,12,18,27H,4,11,13-17,19H2,1H3. The zero-order valence-electron chi connectivity index (χ0n) is 20.3. The van der Waals surface area contributed by atoms with Crippen LogP contribution in [0.15, 0.2) is 64.9 Å². The first-order valence-corrected chi connectivity index (χ1v) is 14.9. The monoisotopic (exact) mass is 543 g/mol. The van der Waals surface area contributed by atoms with Crippen molar-refractivity contribution >= 4 is 38.9 Å². The SMILES string of the molecule is Cc1ccccc1C1c2ccsc2CCN1CC(=O)N1CCCN(S(=O)(=O)c2ccc(Cl)cc2)CC1. The normalized spacial score (nSPS) is 19.6. The van der Waals surface area contributed by atoms with Crippen molar-refractivity contribution in [1.29, 1.82) is 0 Å². The zero-order chi connectivity index (χ0) is 25.3. The minimum Gasteiger partial charge on any atom is -0.340 e. The maximum atomic E-state index is 13.5. The quantitative estimate of drug-likeness (QED) is 0.472. The van der Waals surface area contributed by atoms with Crippen molar-refractivity contribution in [2.24, 2.45) is 0 Å². The number of carbonyl (C=O) groups is 1. The lowest BCUT2D eigenvalue weighted by Crippen LogP contribution is -2.45. The maximum Gasteiger partial charge on any atom is 0.243 e. The van der Waals surface area contributed by atoms with Crippen LogP contribution in [0.2, 0.25) is 5.02 Å². The number of halogens is 1. The Kier molecular flexibility index (Phi) is 7.51. The van der Waals surface area contributed by atoms with E-state index in [9.17, 15) is 13.2 Å². The van der Waals surface area contributed by atoms with Crippen LogP contribution in [0.25, 0.3) is 0 Å². The van der Waals surface area contributed by atoms with E-state index >= 15 is 0 Å². The molecule has 190 valence electrons. The van der Waals surface area contributed by atoms with Crippen molar-refractivity contribution < 1.29 is 13.2 Å². The number of hydrogen-bond donors (Lipinski definition) is 0. The van der Waals surface area contributed by atoms with E-state index in [0.29, 0.717) is 37.6 Å². The van der Waals surface area contributed by atoms with Crippen molar-refractivity contribution in [2.75, 3.05) is 39.3 Å². The highest BCUT2D eigenvalue weighted by atomic mass is 35.5. The van der Waals surface area contributed by atoms with Gasteiger partial charge in [-0.05, 0) is 72.2 Å². The summed E-state index contributed by atoms with van der Waals surface area (Å²) < 4.78 is 27.8. The number of carbonyl (C=O) groups excluding carboxylic acids is 1. The molecular weight excluding hydrogens is 514 g/mol. The van der Waals surface area contributed by atoms with Crippen LogP contribution in [-0.4, -0.2) is 67.7 Å². The molecule has 0 N–H and O–H groups in total. The van der Waals surface area contributed by atoms with E-state index in [-0.39, 0.29) is 23.4 Å². The molecule has 36 heavy (non-hydrogen) atoms. The molecule has 0 saturated carbocycles. The Bertz CT molecular complexity index is 1340. The summed E-state index contributed by atoms with van der Waals surface area (Å²) in [6.45, 7) is 4.88. The molecule has 1 amide bonds. The molecule has 1 atom stereocenters. The van der Waals surface area contributed by atoms with Gasteiger partial charge in [0.05, 0.1) is 17.5 Å². The number of hydrogen-bond acceptors (Lipinski definition) is 5. The number of sulfonamides is 1. The van der Waals surface area contributed by atoms with Gasteiger partial charge in [0.1, 0.15) is 0 Å². The number of benzene rings is 2. The molecule has 0 aliphatic carbocycles. The topological polar surface area (TPSA) is 60.9 Å². The third-order valence-corrected chi connectivity index (χ3v) is 10.3. The van der Waals surface area contributed by atoms with E-state index < -0.39 is 10.0 Å².